The van der Waals surface area contributed by atoms with E-state index < -0.39 is 35.4 Å². The lowest BCUT2D eigenvalue weighted by Gasteiger charge is -2.37. The standard InChI is InChI=1S/C29H29F2N7O5/c1-4-37-14-20(28(40)38(29(37)41)19-8-5-17(30)6-9-19)27(39)34-18-7-10-22(21(31)13-18)43-23-11-12-32-25-24(23)26(36-35-25)33-16(2)15-42-3/h5-13,16,20H,4,14-15H2,1-3H3,(H,34,39)(H2,32,33,35,36)/t16-,20?/m1/s1. The average Bonchev–Trinajstić information content (AvgIpc) is 3.39. The van der Waals surface area contributed by atoms with Crippen LogP contribution in [0.2, 0.25) is 0 Å². The van der Waals surface area contributed by atoms with Crippen LogP contribution < -0.4 is 20.3 Å². The molecule has 4 amide bonds. The SMILES string of the molecule is CCN1CC(C(=O)Nc2ccc(Oc3ccnc4[nH]nc(N[C@H](C)COC)c34)c(F)c2)C(=O)N(c2ccc(F)cc2)C1=O. The van der Waals surface area contributed by atoms with Crippen LogP contribution in [0, 0.1) is 17.6 Å². The fourth-order valence-electron chi connectivity index (χ4n) is 4.70. The molecule has 0 saturated carbocycles. The predicted molar refractivity (Wildman–Crippen MR) is 154 cm³/mol. The van der Waals surface area contributed by atoms with Crippen molar-refractivity contribution in [1.29, 1.82) is 0 Å². The fraction of sp³-hybridized carbons (Fsp3) is 0.276. The van der Waals surface area contributed by atoms with E-state index in [4.69, 9.17) is 9.47 Å². The molecule has 12 nitrogen and oxygen atoms in total. The lowest BCUT2D eigenvalue weighted by Crippen LogP contribution is -2.59. The van der Waals surface area contributed by atoms with Gasteiger partial charge in [-0.1, -0.05) is 0 Å². The molecule has 1 saturated heterocycles. The number of aromatic amines is 1. The van der Waals surface area contributed by atoms with Crippen LogP contribution in [0.1, 0.15) is 13.8 Å². The van der Waals surface area contributed by atoms with Crippen LogP contribution in [0.15, 0.2) is 54.7 Å². The maximum atomic E-state index is 15.2. The van der Waals surface area contributed by atoms with Gasteiger partial charge in [0.15, 0.2) is 23.0 Å². The van der Waals surface area contributed by atoms with Crippen molar-refractivity contribution < 1.29 is 32.6 Å². The number of pyridine rings is 1. The number of amides is 4. The van der Waals surface area contributed by atoms with Crippen LogP contribution in [0.25, 0.3) is 11.0 Å². The minimum Gasteiger partial charge on any atom is -0.453 e. The predicted octanol–water partition coefficient (Wildman–Crippen LogP) is 4.52. The Morgan fingerprint density at radius 1 is 1.14 bits per heavy atom. The number of halogens is 2. The van der Waals surface area contributed by atoms with Crippen molar-refractivity contribution in [2.45, 2.75) is 19.9 Å². The van der Waals surface area contributed by atoms with Gasteiger partial charge in [0.05, 0.1) is 12.3 Å². The highest BCUT2D eigenvalue weighted by Gasteiger charge is 2.43. The maximum Gasteiger partial charge on any atom is 0.331 e. The van der Waals surface area contributed by atoms with Crippen LogP contribution in [0.4, 0.5) is 30.8 Å². The number of carbonyl (C=O) groups is 3. The highest BCUT2D eigenvalue weighted by Crippen LogP contribution is 2.35. The summed E-state index contributed by atoms with van der Waals surface area (Å²) >= 11 is 0. The summed E-state index contributed by atoms with van der Waals surface area (Å²) in [4.78, 5) is 45.8. The van der Waals surface area contributed by atoms with Crippen molar-refractivity contribution in [1.82, 2.24) is 20.1 Å². The molecule has 4 aromatic rings. The van der Waals surface area contributed by atoms with Gasteiger partial charge in [0, 0.05) is 50.3 Å². The molecule has 43 heavy (non-hydrogen) atoms. The Kier molecular flexibility index (Phi) is 8.48. The summed E-state index contributed by atoms with van der Waals surface area (Å²) in [6.45, 7) is 4.11. The van der Waals surface area contributed by atoms with Crippen molar-refractivity contribution in [2.24, 2.45) is 5.92 Å². The number of aromatic nitrogens is 3. The van der Waals surface area contributed by atoms with Gasteiger partial charge >= 0.3 is 6.03 Å². The summed E-state index contributed by atoms with van der Waals surface area (Å²) in [5.41, 5.74) is 0.643. The summed E-state index contributed by atoms with van der Waals surface area (Å²) in [6.07, 6.45) is 1.49. The molecule has 14 heteroatoms. The van der Waals surface area contributed by atoms with E-state index in [0.717, 1.165) is 23.1 Å². The van der Waals surface area contributed by atoms with Gasteiger partial charge in [-0.2, -0.15) is 5.10 Å². The van der Waals surface area contributed by atoms with Gasteiger partial charge in [-0.3, -0.25) is 14.7 Å². The van der Waals surface area contributed by atoms with E-state index in [1.165, 1.54) is 35.4 Å². The van der Waals surface area contributed by atoms with E-state index in [-0.39, 0.29) is 36.3 Å². The first-order valence-electron chi connectivity index (χ1n) is 13.4. The highest BCUT2D eigenvalue weighted by atomic mass is 19.1. The number of nitrogens with one attached hydrogen (secondary N) is 3. The third-order valence-electron chi connectivity index (χ3n) is 6.81. The molecule has 1 fully saturated rings. The number of ether oxygens (including phenoxy) is 2. The first kappa shape index (κ1) is 29.4. The number of imide groups is 1. The molecule has 1 unspecified atom stereocenters. The average molecular weight is 594 g/mol. The number of hydrogen-bond acceptors (Lipinski definition) is 8. The summed E-state index contributed by atoms with van der Waals surface area (Å²) in [6, 6.07) is 9.51. The highest BCUT2D eigenvalue weighted by molar-refractivity contribution is 6.23. The van der Waals surface area contributed by atoms with E-state index in [2.05, 4.69) is 25.8 Å². The third kappa shape index (κ3) is 6.09. The Morgan fingerprint density at radius 2 is 1.91 bits per heavy atom. The number of urea groups is 1. The van der Waals surface area contributed by atoms with Gasteiger partial charge in [-0.25, -0.2) is 23.5 Å². The summed E-state index contributed by atoms with van der Waals surface area (Å²) < 4.78 is 39.7. The quantitative estimate of drug-likeness (QED) is 0.228. The van der Waals surface area contributed by atoms with Crippen LogP contribution in [-0.2, 0) is 14.3 Å². The van der Waals surface area contributed by atoms with Gasteiger partial charge in [0.25, 0.3) is 0 Å². The molecule has 0 spiro atoms. The Balaban J connectivity index is 1.33. The van der Waals surface area contributed by atoms with Crippen LogP contribution in [0.3, 0.4) is 0 Å². The molecule has 1 aliphatic rings. The molecule has 2 atom stereocenters. The van der Waals surface area contributed by atoms with E-state index >= 15 is 4.39 Å². The number of rotatable bonds is 10. The van der Waals surface area contributed by atoms with Gasteiger partial charge in [-0.05, 0) is 50.2 Å². The summed E-state index contributed by atoms with van der Waals surface area (Å²) in [7, 11) is 1.59. The molecular weight excluding hydrogens is 564 g/mol. The molecule has 0 aliphatic carbocycles. The van der Waals surface area contributed by atoms with Gasteiger partial charge in [0.2, 0.25) is 11.8 Å². The molecule has 224 valence electrons. The lowest BCUT2D eigenvalue weighted by atomic mass is 10.0. The molecule has 1 aliphatic heterocycles. The van der Waals surface area contributed by atoms with Crippen LogP contribution in [-0.4, -0.2) is 70.8 Å². The zero-order valence-corrected chi connectivity index (χ0v) is 23.6. The molecule has 2 aromatic carbocycles. The number of hydrogen-bond donors (Lipinski definition) is 3. The number of H-pyrrole nitrogens is 1. The Labute approximate surface area is 245 Å². The summed E-state index contributed by atoms with van der Waals surface area (Å²) in [5, 5.41) is 13.3. The second kappa shape index (κ2) is 12.4. The van der Waals surface area contributed by atoms with Crippen LogP contribution >= 0.6 is 0 Å². The van der Waals surface area contributed by atoms with E-state index in [0.29, 0.717) is 29.2 Å². The van der Waals surface area contributed by atoms with Gasteiger partial charge < -0.3 is 25.0 Å². The maximum absolute atomic E-state index is 15.2. The Bertz CT molecular complexity index is 1660. The first-order chi connectivity index (χ1) is 20.7. The van der Waals surface area contributed by atoms with Gasteiger partial charge in [0.1, 0.15) is 22.9 Å². The number of benzene rings is 2. The first-order valence-corrected chi connectivity index (χ1v) is 13.4. The van der Waals surface area contributed by atoms with E-state index in [1.54, 1.807) is 20.1 Å². The second-order valence-corrected chi connectivity index (χ2v) is 9.87. The molecule has 3 heterocycles. The molecule has 3 N–H and O–H groups in total. The normalized spacial score (nSPS) is 16.0. The molecule has 5 rings (SSSR count). The van der Waals surface area contributed by atoms with Crippen molar-refractivity contribution in [3.05, 3.63) is 66.4 Å². The largest absolute Gasteiger partial charge is 0.453 e. The minimum atomic E-state index is -1.28. The summed E-state index contributed by atoms with van der Waals surface area (Å²) in [5.74, 6) is -3.47. The molecule has 0 bridgehead atoms. The monoisotopic (exact) mass is 593 g/mol. The Hall–Kier alpha value is -5.11. The number of nitrogens with zero attached hydrogens (tertiary/aromatic N) is 4. The van der Waals surface area contributed by atoms with E-state index in [1.807, 2.05) is 6.92 Å². The Morgan fingerprint density at radius 3 is 2.60 bits per heavy atom. The molecule has 0 radical (unpaired) electrons. The topological polar surface area (TPSA) is 142 Å². The van der Waals surface area contributed by atoms with Crippen molar-refractivity contribution in [3.8, 4) is 11.5 Å². The zero-order chi connectivity index (χ0) is 30.7. The van der Waals surface area contributed by atoms with Crippen molar-refractivity contribution >= 4 is 46.1 Å². The number of carbonyl (C=O) groups excluding carboxylic acids is 3. The number of anilines is 3. The van der Waals surface area contributed by atoms with Crippen molar-refractivity contribution in [3.63, 3.8) is 0 Å². The number of methoxy groups -OCH3 is 1. The lowest BCUT2D eigenvalue weighted by molar-refractivity contribution is -0.132. The minimum absolute atomic E-state index is 0.0782. The fourth-order valence-corrected chi connectivity index (χ4v) is 4.70. The van der Waals surface area contributed by atoms with Gasteiger partial charge in [-0.15, -0.1) is 0 Å². The second-order valence-electron chi connectivity index (χ2n) is 9.87. The molecular formula is C29H29F2N7O5. The zero-order valence-electron chi connectivity index (χ0n) is 23.6. The molecule has 2 aromatic heterocycles. The van der Waals surface area contributed by atoms with Crippen molar-refractivity contribution in [2.75, 3.05) is 42.3 Å². The number of fused-ring (bicyclic) bond motifs is 1. The third-order valence-corrected chi connectivity index (χ3v) is 6.81. The van der Waals surface area contributed by atoms with E-state index in [9.17, 15) is 18.8 Å². The smallest absolute Gasteiger partial charge is 0.331 e. The van der Waals surface area contributed by atoms with Crippen LogP contribution in [0.5, 0.6) is 11.5 Å².